The number of hydrogen-bond acceptors (Lipinski definition) is 17. The van der Waals surface area contributed by atoms with Crippen LogP contribution in [0.5, 0.6) is 23.0 Å². The Morgan fingerprint density at radius 1 is 0.526 bits per heavy atom. The van der Waals surface area contributed by atoms with Crippen LogP contribution in [0.4, 0.5) is 25.8 Å². The van der Waals surface area contributed by atoms with Gasteiger partial charge in [0.05, 0.1) is 75.2 Å². The molecule has 7 rings (SSSR count). The van der Waals surface area contributed by atoms with Gasteiger partial charge in [-0.05, 0) is 178 Å². The summed E-state index contributed by atoms with van der Waals surface area (Å²) in [4.78, 5) is 91.3. The Morgan fingerprint density at radius 2 is 0.918 bits per heavy atom. The number of alkyl carbamates (subject to hydrolysis) is 1. The van der Waals surface area contributed by atoms with E-state index in [1.165, 1.54) is 30.1 Å². The highest BCUT2D eigenvalue weighted by molar-refractivity contribution is 6.74. The van der Waals surface area contributed by atoms with Gasteiger partial charge < -0.3 is 71.9 Å². The number of nitrogens with one attached hydrogen (secondary N) is 2. The van der Waals surface area contributed by atoms with Crippen molar-refractivity contribution in [2.45, 2.75) is 221 Å². The third-order valence-electron chi connectivity index (χ3n) is 17.4. The summed E-state index contributed by atoms with van der Waals surface area (Å²) in [5.41, 5.74) is 2.02. The molecule has 4 aliphatic rings. The van der Waals surface area contributed by atoms with Crippen molar-refractivity contribution in [2.24, 2.45) is 0 Å². The molecule has 23 nitrogen and oxygen atoms in total. The number of rotatable bonds is 23. The topological polar surface area (TPSA) is 241 Å². The normalized spacial score (nSPS) is 18.5. The minimum atomic E-state index is -2.69. The lowest BCUT2D eigenvalue weighted by molar-refractivity contribution is -0.116. The van der Waals surface area contributed by atoms with Crippen LogP contribution < -0.4 is 39.4 Å². The van der Waals surface area contributed by atoms with Crippen molar-refractivity contribution in [3.8, 4) is 23.0 Å². The van der Waals surface area contributed by atoms with Crippen LogP contribution in [0, 0.1) is 0 Å². The molecule has 0 bridgehead atoms. The van der Waals surface area contributed by atoms with Crippen molar-refractivity contribution < 1.29 is 80.3 Å². The first kappa shape index (κ1) is 76.9. The molecule has 2 N–H and O–H groups in total. The lowest BCUT2D eigenvalue weighted by atomic mass is 10.1. The lowest BCUT2D eigenvalue weighted by Gasteiger charge is -2.44. The van der Waals surface area contributed by atoms with Crippen LogP contribution in [0.15, 0.2) is 72.1 Å². The number of ether oxygens (including phenoxy) is 9. The molecule has 0 unspecified atom stereocenters. The first-order chi connectivity index (χ1) is 44.9. The van der Waals surface area contributed by atoms with Gasteiger partial charge in [-0.2, -0.15) is 0 Å². The van der Waals surface area contributed by atoms with Crippen molar-refractivity contribution >= 4 is 70.1 Å². The predicted molar refractivity (Wildman–Crippen MR) is 377 cm³/mol. The average molecular weight is 1380 g/mol. The van der Waals surface area contributed by atoms with Crippen LogP contribution in [-0.2, 0) is 50.5 Å². The summed E-state index contributed by atoms with van der Waals surface area (Å²) in [6, 6.07) is 10.8. The Hall–Kier alpha value is -7.43. The van der Waals surface area contributed by atoms with Crippen molar-refractivity contribution in [2.75, 3.05) is 63.5 Å². The highest BCUT2D eigenvalue weighted by Gasteiger charge is 2.53. The fourth-order valence-electron chi connectivity index (χ4n) is 10.8. The van der Waals surface area contributed by atoms with Crippen LogP contribution in [0.2, 0.25) is 36.3 Å². The first-order valence-electron chi connectivity index (χ1n) is 33.2. The quantitative estimate of drug-likeness (QED) is 0.0388. The molecule has 0 saturated carbocycles. The average Bonchev–Trinajstić information content (AvgIpc) is 1.62. The van der Waals surface area contributed by atoms with E-state index in [2.05, 4.69) is 78.4 Å². The van der Waals surface area contributed by atoms with Gasteiger partial charge in [0.1, 0.15) is 30.0 Å². The molecule has 6 amide bonds. The fraction of sp³-hybridized carbons (Fsp3) is 0.583. The summed E-state index contributed by atoms with van der Waals surface area (Å²) in [5, 5.41) is 4.93. The Balaban J connectivity index is 1.24. The number of carbonyl (C=O) groups excluding carboxylic acids is 6. The molecule has 97 heavy (non-hydrogen) atoms. The van der Waals surface area contributed by atoms with E-state index in [1.54, 1.807) is 102 Å². The number of nitrogens with zero attached hydrogens (tertiary/aromatic N) is 4. The zero-order valence-corrected chi connectivity index (χ0v) is 63.5. The molecular weight excluding hydrogens is 1280 g/mol. The summed E-state index contributed by atoms with van der Waals surface area (Å²) >= 11 is 0. The molecule has 0 fully saturated rings. The summed E-state index contributed by atoms with van der Waals surface area (Å²) < 4.78 is 68.7. The molecule has 0 aliphatic carbocycles. The van der Waals surface area contributed by atoms with Crippen molar-refractivity contribution in [1.82, 2.24) is 20.4 Å². The van der Waals surface area contributed by atoms with Gasteiger partial charge in [-0.25, -0.2) is 24.2 Å². The van der Waals surface area contributed by atoms with Gasteiger partial charge in [0.25, 0.3) is 11.8 Å². The first-order valence-corrected chi connectivity index (χ1v) is 39.0. The van der Waals surface area contributed by atoms with E-state index in [0.29, 0.717) is 29.5 Å². The molecular formula is C72H106N6O17Si2. The highest BCUT2D eigenvalue weighted by Crippen LogP contribution is 2.49. The van der Waals surface area contributed by atoms with Crippen LogP contribution in [0.1, 0.15) is 168 Å². The largest absolute Gasteiger partial charge is 0.493 e. The van der Waals surface area contributed by atoms with E-state index in [0.717, 1.165) is 11.1 Å². The van der Waals surface area contributed by atoms with Gasteiger partial charge in [-0.3, -0.25) is 14.4 Å². The monoisotopic (exact) mass is 1380 g/mol. The second kappa shape index (κ2) is 30.4. The van der Waals surface area contributed by atoms with E-state index in [4.69, 9.17) is 51.5 Å². The van der Waals surface area contributed by atoms with Crippen LogP contribution in [-0.4, -0.2) is 158 Å². The van der Waals surface area contributed by atoms with E-state index < -0.39 is 82.2 Å². The molecule has 0 saturated heterocycles. The molecule has 3 aromatic carbocycles. The Labute approximate surface area is 576 Å². The summed E-state index contributed by atoms with van der Waals surface area (Å²) in [6.45, 7) is 42.4. The van der Waals surface area contributed by atoms with E-state index in [1.807, 2.05) is 44.4 Å². The fourth-order valence-corrected chi connectivity index (χ4v) is 13.2. The Morgan fingerprint density at radius 3 is 1.29 bits per heavy atom. The molecule has 534 valence electrons. The number of methoxy groups -OCH3 is 2. The maximum atomic E-state index is 14.9. The smallest absolute Gasteiger partial charge is 0.417 e. The summed E-state index contributed by atoms with van der Waals surface area (Å²) in [6.07, 6.45) is 3.73. The molecule has 0 radical (unpaired) electrons. The van der Waals surface area contributed by atoms with Crippen LogP contribution in [0.3, 0.4) is 0 Å². The van der Waals surface area contributed by atoms with Gasteiger partial charge in [-0.15, -0.1) is 0 Å². The highest BCUT2D eigenvalue weighted by atomic mass is 28.4. The standard InChI is InChI=1S/C72H106N6O17Si2/c1-45-32-54-63(94-96(20,21)71(12,13)14)77(66(83)92-69(6,7)8)52-39-58(56(85-18)37-50(52)61(80)75(54)41-45)89-43-48-34-47(24-25-60(79)73-26-28-87-30-31-88-29-27-74-65(82)91-68(3,4)5)35-49(36-48)44-90-59-40-53-51(38-57(59)86-19)62(81)76-42-46(2)33-55(76)64(95-97(22,23)72(15,16)17)78(53)67(84)93-70(9,10)11/h24-25,34-42,54-55,63-64H,26-33,43-44H2,1-23H3,(H,73,79)(H,74,82)/b25-24+/t54-,55-,63-,64-/m0/s1. The number of benzene rings is 3. The molecule has 0 aromatic heterocycles. The number of hydrogen-bond donors (Lipinski definition) is 2. The van der Waals surface area contributed by atoms with Crippen LogP contribution in [0.25, 0.3) is 6.08 Å². The van der Waals surface area contributed by atoms with Gasteiger partial charge in [-0.1, -0.05) is 52.7 Å². The molecule has 0 spiro atoms. The number of anilines is 2. The molecule has 4 atom stereocenters. The van der Waals surface area contributed by atoms with Gasteiger partial charge in [0, 0.05) is 43.7 Å². The van der Waals surface area contributed by atoms with E-state index in [-0.39, 0.29) is 120 Å². The molecule has 4 heterocycles. The maximum Gasteiger partial charge on any atom is 0.417 e. The van der Waals surface area contributed by atoms with Gasteiger partial charge in [0.2, 0.25) is 5.91 Å². The van der Waals surface area contributed by atoms with Gasteiger partial charge in [0.15, 0.2) is 52.1 Å². The number of fused-ring (bicyclic) bond motifs is 4. The number of carbonyl (C=O) groups is 6. The zero-order chi connectivity index (χ0) is 72.1. The Kier molecular flexibility index (Phi) is 24.1. The maximum absolute atomic E-state index is 14.9. The summed E-state index contributed by atoms with van der Waals surface area (Å²) in [5.74, 6) is -0.270. The van der Waals surface area contributed by atoms with E-state index >= 15 is 0 Å². The van der Waals surface area contributed by atoms with Crippen LogP contribution >= 0.6 is 0 Å². The zero-order valence-electron chi connectivity index (χ0n) is 61.5. The SMILES string of the molecule is COc1cc2c(cc1OCc1cc(/C=C/C(=O)NCCOCCOCCNC(=O)OC(C)(C)C)cc(COc3cc4c(cc3OC)C(=O)N3C=C(C)C[C@H]3[C@H](O[Si](C)(C)C(C)(C)C)N4C(=O)OC(C)(C)C)c1)N(C(=O)OC(C)(C)C)[C@@H](O[Si](C)(C)C(C)(C)C)[C@@H]1CC(C)=CN1C2=O. The molecule has 25 heteroatoms. The van der Waals surface area contributed by atoms with Crippen molar-refractivity contribution in [3.63, 3.8) is 0 Å². The minimum Gasteiger partial charge on any atom is -0.493 e. The second-order valence-corrected chi connectivity index (χ2v) is 40.6. The van der Waals surface area contributed by atoms with Crippen molar-refractivity contribution in [3.05, 3.63) is 99.9 Å². The molecule has 4 aliphatic heterocycles. The third kappa shape index (κ3) is 19.7. The number of amides is 6. The second-order valence-electron chi connectivity index (χ2n) is 31.1. The Bertz CT molecular complexity index is 3310. The molecule has 3 aromatic rings. The third-order valence-corrected chi connectivity index (χ3v) is 26.3. The van der Waals surface area contributed by atoms with E-state index in [9.17, 15) is 28.8 Å². The predicted octanol–water partition coefficient (Wildman–Crippen LogP) is 14.0. The lowest BCUT2D eigenvalue weighted by Crippen LogP contribution is -2.58. The van der Waals surface area contributed by atoms with Crippen molar-refractivity contribution in [1.29, 1.82) is 0 Å². The summed E-state index contributed by atoms with van der Waals surface area (Å²) in [7, 11) is -2.43. The van der Waals surface area contributed by atoms with Gasteiger partial charge >= 0.3 is 18.3 Å². The minimum absolute atomic E-state index is 0.103.